The van der Waals surface area contributed by atoms with Gasteiger partial charge in [-0.3, -0.25) is 19.5 Å². The Balaban J connectivity index is 1.86. The van der Waals surface area contributed by atoms with Crippen molar-refractivity contribution in [1.29, 1.82) is 0 Å². The van der Waals surface area contributed by atoms with Crippen molar-refractivity contribution >= 4 is 23.2 Å². The Bertz CT molecular complexity index is 1330. The van der Waals surface area contributed by atoms with Crippen LogP contribution in [0.5, 0.6) is 5.75 Å². The Morgan fingerprint density at radius 1 is 0.943 bits per heavy atom. The molecule has 176 valence electrons. The van der Waals surface area contributed by atoms with Crippen LogP contribution in [0.4, 0.5) is 20.2 Å². The minimum atomic E-state index is -1.27. The fourth-order valence-corrected chi connectivity index (χ4v) is 3.52. The van der Waals surface area contributed by atoms with Gasteiger partial charge in [0.25, 0.3) is 11.8 Å². The van der Waals surface area contributed by atoms with Gasteiger partial charge in [0.2, 0.25) is 0 Å². The Labute approximate surface area is 200 Å². The molecular weight excluding hydrogens is 454 g/mol. The van der Waals surface area contributed by atoms with Crippen LogP contribution in [0.25, 0.3) is 0 Å². The quantitative estimate of drug-likeness (QED) is 0.416. The van der Waals surface area contributed by atoms with Crippen molar-refractivity contribution < 1.29 is 23.1 Å². The second-order valence-corrected chi connectivity index (χ2v) is 7.42. The van der Waals surface area contributed by atoms with E-state index in [1.165, 1.54) is 68.2 Å². The molecule has 0 spiro atoms. The van der Waals surface area contributed by atoms with Crippen molar-refractivity contribution in [1.82, 2.24) is 9.97 Å². The Hall–Kier alpha value is -4.66. The lowest BCUT2D eigenvalue weighted by atomic mass is 10.0. The molecule has 0 saturated carbocycles. The molecule has 0 aliphatic rings. The van der Waals surface area contributed by atoms with Crippen LogP contribution >= 0.6 is 0 Å². The number of rotatable bonds is 7. The number of amides is 2. The summed E-state index contributed by atoms with van der Waals surface area (Å²) in [6, 6.07) is 15.8. The first-order valence-electron chi connectivity index (χ1n) is 10.5. The summed E-state index contributed by atoms with van der Waals surface area (Å²) in [5, 5.41) is 2.71. The van der Waals surface area contributed by atoms with Crippen LogP contribution in [0.3, 0.4) is 0 Å². The van der Waals surface area contributed by atoms with Gasteiger partial charge in [-0.05, 0) is 60.2 Å². The molecule has 4 aromatic rings. The maximum absolute atomic E-state index is 14.2. The predicted molar refractivity (Wildman–Crippen MR) is 126 cm³/mol. The molecule has 0 saturated heterocycles. The smallest absolute Gasteiger partial charge is 0.279 e. The molecule has 35 heavy (non-hydrogen) atoms. The lowest BCUT2D eigenvalue weighted by Crippen LogP contribution is -2.42. The maximum Gasteiger partial charge on any atom is 0.279 e. The van der Waals surface area contributed by atoms with E-state index in [1.54, 1.807) is 24.3 Å². The Morgan fingerprint density at radius 2 is 1.71 bits per heavy atom. The lowest BCUT2D eigenvalue weighted by Gasteiger charge is -2.31. The number of carbonyl (C=O) groups is 2. The number of methoxy groups -OCH3 is 1. The second-order valence-electron chi connectivity index (χ2n) is 7.42. The molecule has 1 aromatic heterocycles. The monoisotopic (exact) mass is 474 g/mol. The summed E-state index contributed by atoms with van der Waals surface area (Å²) >= 11 is 0. The van der Waals surface area contributed by atoms with Crippen molar-refractivity contribution in [2.75, 3.05) is 17.3 Å². The highest BCUT2D eigenvalue weighted by molar-refractivity contribution is 6.11. The number of hydrogen-bond acceptors (Lipinski definition) is 5. The molecule has 0 aliphatic carbocycles. The molecule has 0 radical (unpaired) electrons. The van der Waals surface area contributed by atoms with E-state index in [-0.39, 0.29) is 11.4 Å². The molecule has 3 aromatic carbocycles. The zero-order valence-corrected chi connectivity index (χ0v) is 18.6. The van der Waals surface area contributed by atoms with Gasteiger partial charge in [-0.2, -0.15) is 0 Å². The summed E-state index contributed by atoms with van der Waals surface area (Å²) in [6.07, 6.45) is 4.01. The molecule has 0 fully saturated rings. The van der Waals surface area contributed by atoms with E-state index in [4.69, 9.17) is 4.74 Å². The SMILES string of the molecule is COc1cccc(C(C(=O)Nc2ccc(F)cc2)N(C(=O)c2cnccn2)c2cccc(F)c2)c1. The molecule has 4 rings (SSSR count). The first kappa shape index (κ1) is 23.5. The summed E-state index contributed by atoms with van der Waals surface area (Å²) < 4.78 is 32.9. The number of anilines is 2. The third-order valence-corrected chi connectivity index (χ3v) is 5.12. The van der Waals surface area contributed by atoms with Crippen LogP contribution in [-0.4, -0.2) is 28.9 Å². The van der Waals surface area contributed by atoms with Crippen molar-refractivity contribution in [2.24, 2.45) is 0 Å². The third-order valence-electron chi connectivity index (χ3n) is 5.12. The van der Waals surface area contributed by atoms with Crippen molar-refractivity contribution in [3.05, 3.63) is 114 Å². The number of nitrogens with zero attached hydrogens (tertiary/aromatic N) is 3. The third kappa shape index (κ3) is 5.47. The van der Waals surface area contributed by atoms with E-state index in [0.717, 1.165) is 11.0 Å². The molecular formula is C26H20F2N4O3. The number of nitrogens with one attached hydrogen (secondary N) is 1. The van der Waals surface area contributed by atoms with Gasteiger partial charge in [0.1, 0.15) is 29.1 Å². The predicted octanol–water partition coefficient (Wildman–Crippen LogP) is 4.79. The number of carbonyl (C=O) groups excluding carboxylic acids is 2. The van der Waals surface area contributed by atoms with Crippen LogP contribution in [0.1, 0.15) is 22.1 Å². The number of benzene rings is 3. The fraction of sp³-hybridized carbons (Fsp3) is 0.0769. The first-order chi connectivity index (χ1) is 17.0. The van der Waals surface area contributed by atoms with Crippen LogP contribution in [-0.2, 0) is 4.79 Å². The van der Waals surface area contributed by atoms with Gasteiger partial charge < -0.3 is 10.1 Å². The van der Waals surface area contributed by atoms with Gasteiger partial charge in [0.15, 0.2) is 0 Å². The second kappa shape index (κ2) is 10.5. The summed E-state index contributed by atoms with van der Waals surface area (Å²) in [4.78, 5) is 36.5. The number of halogens is 2. The lowest BCUT2D eigenvalue weighted by molar-refractivity contribution is -0.117. The van der Waals surface area contributed by atoms with E-state index in [1.807, 2.05) is 0 Å². The molecule has 0 aliphatic heterocycles. The molecule has 2 amide bonds. The van der Waals surface area contributed by atoms with Gasteiger partial charge in [-0.15, -0.1) is 0 Å². The standard InChI is InChI=1S/C26H20F2N4O3/c1-35-22-7-2-4-17(14-22)24(25(33)31-20-10-8-18(27)9-11-20)32(21-6-3-5-19(28)15-21)26(34)23-16-29-12-13-30-23/h2-16,24H,1H3,(H,31,33). The van der Waals surface area contributed by atoms with Crippen LogP contribution in [0, 0.1) is 11.6 Å². The maximum atomic E-state index is 14.2. The summed E-state index contributed by atoms with van der Waals surface area (Å²) in [5.41, 5.74) is 0.794. The van der Waals surface area contributed by atoms with E-state index in [0.29, 0.717) is 17.0 Å². The topological polar surface area (TPSA) is 84.4 Å². The van der Waals surface area contributed by atoms with Gasteiger partial charge in [0.05, 0.1) is 13.3 Å². The molecule has 0 bridgehead atoms. The Morgan fingerprint density at radius 3 is 2.40 bits per heavy atom. The molecule has 1 heterocycles. The number of aromatic nitrogens is 2. The van der Waals surface area contributed by atoms with Crippen LogP contribution < -0.4 is 15.0 Å². The van der Waals surface area contributed by atoms with Gasteiger partial charge in [-0.25, -0.2) is 13.8 Å². The Kier molecular flexibility index (Phi) is 7.06. The highest BCUT2D eigenvalue weighted by Gasteiger charge is 2.34. The fourth-order valence-electron chi connectivity index (χ4n) is 3.52. The zero-order valence-electron chi connectivity index (χ0n) is 18.6. The molecule has 1 unspecified atom stereocenters. The van der Waals surface area contributed by atoms with Crippen molar-refractivity contribution in [3.63, 3.8) is 0 Å². The van der Waals surface area contributed by atoms with Gasteiger partial charge in [0, 0.05) is 23.8 Å². The highest BCUT2D eigenvalue weighted by Crippen LogP contribution is 2.32. The normalized spacial score (nSPS) is 11.4. The average Bonchev–Trinajstić information content (AvgIpc) is 2.88. The molecule has 7 nitrogen and oxygen atoms in total. The van der Waals surface area contributed by atoms with E-state index in [9.17, 15) is 18.4 Å². The van der Waals surface area contributed by atoms with Crippen molar-refractivity contribution in [3.8, 4) is 5.75 Å². The number of ether oxygens (including phenoxy) is 1. The summed E-state index contributed by atoms with van der Waals surface area (Å²) in [7, 11) is 1.47. The highest BCUT2D eigenvalue weighted by atomic mass is 19.1. The van der Waals surface area contributed by atoms with Crippen molar-refractivity contribution in [2.45, 2.75) is 6.04 Å². The average molecular weight is 474 g/mol. The van der Waals surface area contributed by atoms with Gasteiger partial charge in [-0.1, -0.05) is 18.2 Å². The largest absolute Gasteiger partial charge is 0.497 e. The summed E-state index contributed by atoms with van der Waals surface area (Å²) in [5.74, 6) is -1.90. The van der Waals surface area contributed by atoms with Crippen LogP contribution in [0.15, 0.2) is 91.4 Å². The number of hydrogen-bond donors (Lipinski definition) is 1. The van der Waals surface area contributed by atoms with E-state index in [2.05, 4.69) is 15.3 Å². The summed E-state index contributed by atoms with van der Waals surface area (Å²) in [6.45, 7) is 0. The molecule has 9 heteroatoms. The van der Waals surface area contributed by atoms with Gasteiger partial charge >= 0.3 is 0 Å². The van der Waals surface area contributed by atoms with E-state index < -0.39 is 29.5 Å². The minimum Gasteiger partial charge on any atom is -0.497 e. The minimum absolute atomic E-state index is 0.0424. The van der Waals surface area contributed by atoms with E-state index >= 15 is 0 Å². The molecule has 1 atom stereocenters. The zero-order chi connectivity index (χ0) is 24.8. The van der Waals surface area contributed by atoms with Crippen LogP contribution in [0.2, 0.25) is 0 Å². The molecule has 1 N–H and O–H groups in total. The first-order valence-corrected chi connectivity index (χ1v) is 10.5.